The van der Waals surface area contributed by atoms with Crippen molar-refractivity contribution >= 4 is 0 Å². The largest absolute Gasteiger partial charge is 0.203 e. The molecule has 0 N–H and O–H groups in total. The Kier molecular flexibility index (Phi) is 4.76. The molecule has 2 heteroatoms. The molecular weight excluding hydrogens is 302 g/mol. The predicted octanol–water partition coefficient (Wildman–Crippen LogP) is 7.01. The summed E-state index contributed by atoms with van der Waals surface area (Å²) in [6.07, 6.45) is 6.23. The van der Waals surface area contributed by atoms with Crippen molar-refractivity contribution in [1.29, 1.82) is 0 Å². The maximum Gasteiger partial charge on any atom is 0.166 e. The highest BCUT2D eigenvalue weighted by molar-refractivity contribution is 5.65. The maximum atomic E-state index is 14.2. The molecule has 0 spiro atoms. The van der Waals surface area contributed by atoms with Crippen LogP contribution in [0.25, 0.3) is 11.1 Å². The first kappa shape index (κ1) is 17.1. The highest BCUT2D eigenvalue weighted by atomic mass is 19.2. The van der Waals surface area contributed by atoms with Crippen molar-refractivity contribution in [2.45, 2.75) is 58.8 Å². The molecule has 0 heterocycles. The van der Waals surface area contributed by atoms with Crippen LogP contribution in [0.4, 0.5) is 8.78 Å². The smallest absolute Gasteiger partial charge is 0.166 e. The molecule has 1 aliphatic carbocycles. The van der Waals surface area contributed by atoms with Crippen LogP contribution in [0.2, 0.25) is 0 Å². The zero-order valence-electron chi connectivity index (χ0n) is 14.8. The minimum Gasteiger partial charge on any atom is -0.203 e. The number of halogens is 2. The second-order valence-electron chi connectivity index (χ2n) is 7.62. The van der Waals surface area contributed by atoms with Crippen LogP contribution >= 0.6 is 0 Å². The topological polar surface area (TPSA) is 0 Å². The number of rotatable bonds is 3. The van der Waals surface area contributed by atoms with E-state index in [0.717, 1.165) is 5.56 Å². The summed E-state index contributed by atoms with van der Waals surface area (Å²) in [5, 5.41) is 0. The van der Waals surface area contributed by atoms with Gasteiger partial charge in [0.15, 0.2) is 11.6 Å². The number of benzene rings is 2. The summed E-state index contributed by atoms with van der Waals surface area (Å²) in [6, 6.07) is 11.3. The minimum absolute atomic E-state index is 0.340. The lowest BCUT2D eigenvalue weighted by Crippen LogP contribution is -2.22. The normalized spacial score (nSPS) is 24.1. The Bertz CT molecular complexity index is 707. The van der Waals surface area contributed by atoms with Gasteiger partial charge in [0, 0.05) is 5.56 Å². The van der Waals surface area contributed by atoms with Crippen LogP contribution in [0.15, 0.2) is 36.4 Å². The van der Waals surface area contributed by atoms with Gasteiger partial charge in [0.2, 0.25) is 0 Å². The monoisotopic (exact) mass is 328 g/mol. The van der Waals surface area contributed by atoms with E-state index in [1.165, 1.54) is 37.7 Å². The molecule has 0 atom stereocenters. The van der Waals surface area contributed by atoms with Gasteiger partial charge in [0.25, 0.3) is 0 Å². The zero-order valence-corrected chi connectivity index (χ0v) is 14.8. The van der Waals surface area contributed by atoms with Crippen molar-refractivity contribution in [1.82, 2.24) is 0 Å². The molecule has 2 aromatic carbocycles. The first-order valence-corrected chi connectivity index (χ1v) is 8.98. The van der Waals surface area contributed by atoms with Gasteiger partial charge in [0.1, 0.15) is 0 Å². The van der Waals surface area contributed by atoms with Gasteiger partial charge in [-0.05, 0) is 60.6 Å². The third kappa shape index (κ3) is 3.24. The average Bonchev–Trinajstić information content (AvgIpc) is 2.61. The molecule has 1 fully saturated rings. The molecular formula is C22H26F2. The fourth-order valence-corrected chi connectivity index (χ4v) is 3.81. The van der Waals surface area contributed by atoms with Crippen molar-refractivity contribution < 1.29 is 8.78 Å². The fraction of sp³-hybridized carbons (Fsp3) is 0.455. The standard InChI is InChI=1S/C22H26F2/c1-4-22(3)13-11-17(12-14-22)16-6-8-18(9-7-16)19-10-5-15(2)20(23)21(19)24/h5-10,17H,4,11-14H2,1-3H3. The molecule has 2 aromatic rings. The summed E-state index contributed by atoms with van der Waals surface area (Å²) in [5.41, 5.74) is 3.24. The van der Waals surface area contributed by atoms with Crippen LogP contribution in [0.3, 0.4) is 0 Å². The summed E-state index contributed by atoms with van der Waals surface area (Å²) in [7, 11) is 0. The van der Waals surface area contributed by atoms with Crippen molar-refractivity contribution in [3.8, 4) is 11.1 Å². The molecule has 0 aromatic heterocycles. The lowest BCUT2D eigenvalue weighted by Gasteiger charge is -2.37. The molecule has 0 nitrogen and oxygen atoms in total. The van der Waals surface area contributed by atoms with Crippen LogP contribution in [-0.2, 0) is 0 Å². The molecule has 1 aliphatic rings. The second-order valence-corrected chi connectivity index (χ2v) is 7.62. The van der Waals surface area contributed by atoms with Crippen molar-refractivity contribution in [2.24, 2.45) is 5.41 Å². The summed E-state index contributed by atoms with van der Waals surface area (Å²) in [6.45, 7) is 6.25. The fourth-order valence-electron chi connectivity index (χ4n) is 3.81. The summed E-state index contributed by atoms with van der Waals surface area (Å²) in [5.74, 6) is -0.903. The van der Waals surface area contributed by atoms with E-state index in [0.29, 0.717) is 22.5 Å². The minimum atomic E-state index is -0.751. The molecule has 1 saturated carbocycles. The van der Waals surface area contributed by atoms with Crippen LogP contribution in [0, 0.1) is 24.0 Å². The first-order chi connectivity index (χ1) is 11.4. The van der Waals surface area contributed by atoms with Gasteiger partial charge in [-0.25, -0.2) is 8.78 Å². The molecule has 0 saturated heterocycles. The molecule has 128 valence electrons. The van der Waals surface area contributed by atoms with Gasteiger partial charge in [-0.1, -0.05) is 56.7 Å². The van der Waals surface area contributed by atoms with Gasteiger partial charge in [0.05, 0.1) is 0 Å². The van der Waals surface area contributed by atoms with E-state index in [1.54, 1.807) is 19.1 Å². The molecule has 0 unspecified atom stereocenters. The number of hydrogen-bond acceptors (Lipinski definition) is 0. The van der Waals surface area contributed by atoms with E-state index in [-0.39, 0.29) is 0 Å². The van der Waals surface area contributed by atoms with E-state index >= 15 is 0 Å². The molecule has 0 aliphatic heterocycles. The van der Waals surface area contributed by atoms with E-state index in [9.17, 15) is 8.78 Å². The highest BCUT2D eigenvalue weighted by Gasteiger charge is 2.30. The van der Waals surface area contributed by atoms with Crippen LogP contribution in [0.5, 0.6) is 0 Å². The number of aryl methyl sites for hydroxylation is 1. The number of hydrogen-bond donors (Lipinski definition) is 0. The van der Waals surface area contributed by atoms with Crippen LogP contribution < -0.4 is 0 Å². The van der Waals surface area contributed by atoms with E-state index in [1.807, 2.05) is 12.1 Å². The highest BCUT2D eigenvalue weighted by Crippen LogP contribution is 2.44. The second kappa shape index (κ2) is 6.66. The Hall–Kier alpha value is -1.70. The Labute approximate surface area is 143 Å². The molecule has 24 heavy (non-hydrogen) atoms. The third-order valence-electron chi connectivity index (χ3n) is 6.01. The quantitative estimate of drug-likeness (QED) is 0.568. The lowest BCUT2D eigenvalue weighted by molar-refractivity contribution is 0.191. The van der Waals surface area contributed by atoms with Gasteiger partial charge in [-0.2, -0.15) is 0 Å². The first-order valence-electron chi connectivity index (χ1n) is 8.98. The summed E-state index contributed by atoms with van der Waals surface area (Å²) >= 11 is 0. The van der Waals surface area contributed by atoms with Crippen molar-refractivity contribution in [3.05, 3.63) is 59.2 Å². The SMILES string of the molecule is CCC1(C)CCC(c2ccc(-c3ccc(C)c(F)c3F)cc2)CC1. The van der Waals surface area contributed by atoms with E-state index < -0.39 is 11.6 Å². The predicted molar refractivity (Wildman–Crippen MR) is 96.1 cm³/mol. The molecule has 3 rings (SSSR count). The van der Waals surface area contributed by atoms with Crippen molar-refractivity contribution in [2.75, 3.05) is 0 Å². The Morgan fingerprint density at radius 1 is 0.958 bits per heavy atom. The summed E-state index contributed by atoms with van der Waals surface area (Å²) < 4.78 is 27.9. The van der Waals surface area contributed by atoms with E-state index in [4.69, 9.17) is 0 Å². The van der Waals surface area contributed by atoms with Crippen LogP contribution in [0.1, 0.15) is 63.0 Å². The van der Waals surface area contributed by atoms with Gasteiger partial charge < -0.3 is 0 Å². The van der Waals surface area contributed by atoms with Gasteiger partial charge >= 0.3 is 0 Å². The maximum absolute atomic E-state index is 14.2. The third-order valence-corrected chi connectivity index (χ3v) is 6.01. The molecule has 0 amide bonds. The zero-order chi connectivity index (χ0) is 17.3. The van der Waals surface area contributed by atoms with Crippen LogP contribution in [-0.4, -0.2) is 0 Å². The van der Waals surface area contributed by atoms with E-state index in [2.05, 4.69) is 26.0 Å². The Balaban J connectivity index is 1.79. The molecule has 0 bridgehead atoms. The summed E-state index contributed by atoms with van der Waals surface area (Å²) in [4.78, 5) is 0. The Morgan fingerprint density at radius 3 is 2.17 bits per heavy atom. The average molecular weight is 328 g/mol. The van der Waals surface area contributed by atoms with Gasteiger partial charge in [-0.3, -0.25) is 0 Å². The Morgan fingerprint density at radius 2 is 1.58 bits per heavy atom. The lowest BCUT2D eigenvalue weighted by atomic mass is 9.69. The van der Waals surface area contributed by atoms with Gasteiger partial charge in [-0.15, -0.1) is 0 Å². The molecule has 0 radical (unpaired) electrons. The van der Waals surface area contributed by atoms with Crippen molar-refractivity contribution in [3.63, 3.8) is 0 Å².